The predicted molar refractivity (Wildman–Crippen MR) is 104 cm³/mol. The minimum atomic E-state index is -1.46. The van der Waals surface area contributed by atoms with E-state index in [1.807, 2.05) is 0 Å². The molecule has 0 N–H and O–H groups in total. The van der Waals surface area contributed by atoms with E-state index >= 15 is 0 Å². The van der Waals surface area contributed by atoms with Crippen molar-refractivity contribution in [2.24, 2.45) is 23.2 Å². The molecular weight excluding hydrogens is 296 g/mol. The molecule has 5 atom stereocenters. The first-order chi connectivity index (χ1) is 11.0. The van der Waals surface area contributed by atoms with E-state index in [2.05, 4.69) is 41.5 Å². The van der Waals surface area contributed by atoms with Crippen molar-refractivity contribution in [1.82, 2.24) is 0 Å². The fourth-order valence-corrected chi connectivity index (χ4v) is 9.14. The first kappa shape index (κ1) is 19.5. The normalized spacial score (nSPS) is 36.0. The van der Waals surface area contributed by atoms with Gasteiger partial charge in [0.15, 0.2) is 8.32 Å². The maximum atomic E-state index is 7.03. The molecule has 0 aliphatic heterocycles. The molecule has 2 rings (SSSR count). The Bertz CT molecular complexity index is 357. The molecule has 1 nitrogen and oxygen atoms in total. The van der Waals surface area contributed by atoms with Crippen molar-refractivity contribution < 1.29 is 4.43 Å². The third-order valence-corrected chi connectivity index (χ3v) is 12.6. The van der Waals surface area contributed by atoms with Crippen LogP contribution in [0.4, 0.5) is 0 Å². The highest BCUT2D eigenvalue weighted by Gasteiger charge is 2.53. The molecule has 2 aliphatic carbocycles. The molecule has 2 fully saturated rings. The molecule has 0 bridgehead atoms. The maximum Gasteiger partial charge on any atom is 0.192 e. The maximum absolute atomic E-state index is 7.03. The SMILES string of the molecule is CCC[C@H](C)C1CCC2C(O[Si](CC)(CC)CC)CCC[C@@]21C. The van der Waals surface area contributed by atoms with Gasteiger partial charge in [-0.3, -0.25) is 0 Å². The summed E-state index contributed by atoms with van der Waals surface area (Å²) < 4.78 is 7.03. The van der Waals surface area contributed by atoms with Crippen LogP contribution in [0, 0.1) is 23.2 Å². The summed E-state index contributed by atoms with van der Waals surface area (Å²) in [5.74, 6) is 2.69. The van der Waals surface area contributed by atoms with Crippen molar-refractivity contribution in [3.05, 3.63) is 0 Å². The lowest BCUT2D eigenvalue weighted by atomic mass is 9.61. The summed E-state index contributed by atoms with van der Waals surface area (Å²) in [5.41, 5.74) is 0.562. The number of rotatable bonds is 8. The molecule has 0 heterocycles. The monoisotopic (exact) mass is 338 g/mol. The average Bonchev–Trinajstić information content (AvgIpc) is 2.91. The van der Waals surface area contributed by atoms with Gasteiger partial charge in [-0.05, 0) is 67.0 Å². The lowest BCUT2D eigenvalue weighted by molar-refractivity contribution is -0.0202. The highest BCUT2D eigenvalue weighted by atomic mass is 28.4. The van der Waals surface area contributed by atoms with Crippen LogP contribution < -0.4 is 0 Å². The van der Waals surface area contributed by atoms with Gasteiger partial charge < -0.3 is 4.43 Å². The highest BCUT2D eigenvalue weighted by Crippen LogP contribution is 2.59. The van der Waals surface area contributed by atoms with Crippen LogP contribution in [0.25, 0.3) is 0 Å². The molecule has 3 unspecified atom stereocenters. The van der Waals surface area contributed by atoms with Crippen molar-refractivity contribution in [1.29, 1.82) is 0 Å². The van der Waals surface area contributed by atoms with E-state index in [0.29, 0.717) is 11.5 Å². The van der Waals surface area contributed by atoms with Gasteiger partial charge in [0.1, 0.15) is 0 Å². The summed E-state index contributed by atoms with van der Waals surface area (Å²) in [4.78, 5) is 0. The third kappa shape index (κ3) is 3.73. The first-order valence-electron chi connectivity index (χ1n) is 10.6. The van der Waals surface area contributed by atoms with Gasteiger partial charge in [0, 0.05) is 6.10 Å². The van der Waals surface area contributed by atoms with Gasteiger partial charge >= 0.3 is 0 Å². The Morgan fingerprint density at radius 2 is 1.70 bits per heavy atom. The molecule has 136 valence electrons. The van der Waals surface area contributed by atoms with Gasteiger partial charge in [0.2, 0.25) is 0 Å². The van der Waals surface area contributed by atoms with Crippen LogP contribution in [0.15, 0.2) is 0 Å². The molecule has 2 saturated carbocycles. The minimum absolute atomic E-state index is 0.562. The average molecular weight is 339 g/mol. The van der Waals surface area contributed by atoms with E-state index in [4.69, 9.17) is 4.43 Å². The van der Waals surface area contributed by atoms with Crippen molar-refractivity contribution in [2.75, 3.05) is 0 Å². The Morgan fingerprint density at radius 1 is 1.04 bits per heavy atom. The van der Waals surface area contributed by atoms with Gasteiger partial charge in [-0.2, -0.15) is 0 Å². The number of fused-ring (bicyclic) bond motifs is 1. The van der Waals surface area contributed by atoms with E-state index in [0.717, 1.165) is 17.8 Å². The summed E-state index contributed by atoms with van der Waals surface area (Å²) >= 11 is 0. The van der Waals surface area contributed by atoms with E-state index in [-0.39, 0.29) is 0 Å². The first-order valence-corrected chi connectivity index (χ1v) is 13.2. The topological polar surface area (TPSA) is 9.23 Å². The zero-order valence-corrected chi connectivity index (χ0v) is 17.8. The minimum Gasteiger partial charge on any atom is -0.414 e. The van der Waals surface area contributed by atoms with Crippen LogP contribution in [0.2, 0.25) is 18.1 Å². The fraction of sp³-hybridized carbons (Fsp3) is 1.00. The molecule has 0 spiro atoms. The Hall–Kier alpha value is 0.177. The zero-order valence-electron chi connectivity index (χ0n) is 16.8. The Balaban J connectivity index is 2.14. The van der Waals surface area contributed by atoms with Crippen LogP contribution in [0.5, 0.6) is 0 Å². The van der Waals surface area contributed by atoms with Gasteiger partial charge in [-0.15, -0.1) is 0 Å². The molecule has 0 aromatic heterocycles. The molecule has 0 aromatic carbocycles. The van der Waals surface area contributed by atoms with E-state index in [9.17, 15) is 0 Å². The second-order valence-electron chi connectivity index (χ2n) is 8.85. The molecular formula is C21H42OSi. The van der Waals surface area contributed by atoms with Crippen molar-refractivity contribution in [3.8, 4) is 0 Å². The van der Waals surface area contributed by atoms with E-state index < -0.39 is 8.32 Å². The van der Waals surface area contributed by atoms with Crippen LogP contribution in [0.1, 0.15) is 86.5 Å². The standard InChI is InChI=1S/C21H42OSi/c1-7-12-17(5)18-14-15-19-20(13-11-16-21(18,19)6)22-23(8-2,9-3)10-4/h17-20H,7-16H2,1-6H3/t17-,18?,19?,20?,21+/m0/s1. The number of hydrogen-bond donors (Lipinski definition) is 0. The Labute approximate surface area is 147 Å². The second kappa shape index (κ2) is 8.04. The van der Waals surface area contributed by atoms with Crippen LogP contribution in [0.3, 0.4) is 0 Å². The molecule has 0 radical (unpaired) electrons. The Kier molecular flexibility index (Phi) is 6.81. The Morgan fingerprint density at radius 3 is 2.26 bits per heavy atom. The highest BCUT2D eigenvalue weighted by molar-refractivity contribution is 6.73. The summed E-state index contributed by atoms with van der Waals surface area (Å²) in [7, 11) is -1.46. The second-order valence-corrected chi connectivity index (χ2v) is 13.6. The summed E-state index contributed by atoms with van der Waals surface area (Å²) in [5, 5.41) is 0. The smallest absolute Gasteiger partial charge is 0.192 e. The largest absolute Gasteiger partial charge is 0.414 e. The van der Waals surface area contributed by atoms with Crippen molar-refractivity contribution in [3.63, 3.8) is 0 Å². The molecule has 2 aliphatic rings. The van der Waals surface area contributed by atoms with Gasteiger partial charge in [-0.1, -0.05) is 60.8 Å². The van der Waals surface area contributed by atoms with Crippen LogP contribution >= 0.6 is 0 Å². The summed E-state index contributed by atoms with van der Waals surface area (Å²) in [6.45, 7) is 14.6. The summed E-state index contributed by atoms with van der Waals surface area (Å²) in [6, 6.07) is 3.90. The molecule has 23 heavy (non-hydrogen) atoms. The van der Waals surface area contributed by atoms with E-state index in [1.54, 1.807) is 0 Å². The van der Waals surface area contributed by atoms with Crippen molar-refractivity contribution in [2.45, 2.75) is 111 Å². The van der Waals surface area contributed by atoms with E-state index in [1.165, 1.54) is 63.1 Å². The predicted octanol–water partition coefficient (Wildman–Crippen LogP) is 7.03. The lowest BCUT2D eigenvalue weighted by Crippen LogP contribution is -2.48. The van der Waals surface area contributed by atoms with Crippen molar-refractivity contribution >= 4 is 8.32 Å². The lowest BCUT2D eigenvalue weighted by Gasteiger charge is -2.49. The van der Waals surface area contributed by atoms with Crippen LogP contribution in [-0.4, -0.2) is 14.4 Å². The molecule has 0 aromatic rings. The fourth-order valence-electron chi connectivity index (χ4n) is 6.21. The van der Waals surface area contributed by atoms with Gasteiger partial charge in [-0.25, -0.2) is 0 Å². The third-order valence-electron chi connectivity index (χ3n) is 7.90. The quantitative estimate of drug-likeness (QED) is 0.432. The zero-order chi connectivity index (χ0) is 17.1. The molecule has 0 saturated heterocycles. The van der Waals surface area contributed by atoms with Gasteiger partial charge in [0.05, 0.1) is 0 Å². The summed E-state index contributed by atoms with van der Waals surface area (Å²) in [6.07, 6.45) is 10.4. The van der Waals surface area contributed by atoms with Crippen LogP contribution in [-0.2, 0) is 4.43 Å². The molecule has 0 amide bonds. The van der Waals surface area contributed by atoms with Gasteiger partial charge in [0.25, 0.3) is 0 Å². The molecule has 2 heteroatoms. The number of hydrogen-bond acceptors (Lipinski definition) is 1.